The van der Waals surface area contributed by atoms with Gasteiger partial charge < -0.3 is 9.47 Å². The van der Waals surface area contributed by atoms with Crippen LogP contribution in [0.5, 0.6) is 5.75 Å². The van der Waals surface area contributed by atoms with Gasteiger partial charge in [0.15, 0.2) is 6.23 Å². The van der Waals surface area contributed by atoms with Crippen LogP contribution >= 0.6 is 11.6 Å². The zero-order valence-corrected chi connectivity index (χ0v) is 21.0. The van der Waals surface area contributed by atoms with E-state index in [1.54, 1.807) is 11.8 Å². The van der Waals surface area contributed by atoms with E-state index in [0.717, 1.165) is 71.9 Å². The van der Waals surface area contributed by atoms with Crippen molar-refractivity contribution in [2.45, 2.75) is 44.8 Å². The first kappa shape index (κ1) is 23.3. The largest absolute Gasteiger partial charge is 0.496 e. The summed E-state index contributed by atoms with van der Waals surface area (Å²) in [5.41, 5.74) is 7.19. The SMILES string of the molecule is COc1cc(Cl)ccc1C1=C(c2ccccc2)CCCc2c1ccc1c2c(F)nn1C1CCCCO1. The van der Waals surface area contributed by atoms with Crippen LogP contribution in [0.3, 0.4) is 0 Å². The van der Waals surface area contributed by atoms with Crippen LogP contribution in [0.4, 0.5) is 4.39 Å². The number of nitrogens with zero attached hydrogens (tertiary/aromatic N) is 2. The summed E-state index contributed by atoms with van der Waals surface area (Å²) in [5, 5.41) is 5.55. The van der Waals surface area contributed by atoms with Crippen molar-refractivity contribution >= 4 is 33.7 Å². The second kappa shape index (κ2) is 9.72. The van der Waals surface area contributed by atoms with Gasteiger partial charge in [0, 0.05) is 17.2 Å². The third-order valence-electron chi connectivity index (χ3n) is 7.35. The van der Waals surface area contributed by atoms with Gasteiger partial charge >= 0.3 is 0 Å². The van der Waals surface area contributed by atoms with Gasteiger partial charge in [-0.3, -0.25) is 0 Å². The van der Waals surface area contributed by atoms with Crippen molar-refractivity contribution in [2.75, 3.05) is 13.7 Å². The van der Waals surface area contributed by atoms with E-state index >= 15 is 4.39 Å². The molecule has 0 saturated carbocycles. The van der Waals surface area contributed by atoms with Crippen molar-refractivity contribution in [2.24, 2.45) is 0 Å². The van der Waals surface area contributed by atoms with Crippen molar-refractivity contribution in [1.29, 1.82) is 0 Å². The van der Waals surface area contributed by atoms with Gasteiger partial charge in [-0.25, -0.2) is 4.68 Å². The highest BCUT2D eigenvalue weighted by Gasteiger charge is 2.28. The van der Waals surface area contributed by atoms with Crippen LogP contribution < -0.4 is 4.74 Å². The first-order valence-electron chi connectivity index (χ1n) is 12.6. The number of ether oxygens (including phenoxy) is 2. The number of halogens is 2. The van der Waals surface area contributed by atoms with Gasteiger partial charge in [0.2, 0.25) is 5.95 Å². The third-order valence-corrected chi connectivity index (χ3v) is 7.58. The molecule has 3 aromatic carbocycles. The molecule has 1 unspecified atom stereocenters. The molecular weight excluding hydrogens is 475 g/mol. The predicted molar refractivity (Wildman–Crippen MR) is 142 cm³/mol. The Balaban J connectivity index is 1.63. The van der Waals surface area contributed by atoms with E-state index in [9.17, 15) is 0 Å². The van der Waals surface area contributed by atoms with Gasteiger partial charge in [0.1, 0.15) is 5.75 Å². The number of methoxy groups -OCH3 is 1. The lowest BCUT2D eigenvalue weighted by Gasteiger charge is -2.23. The number of aryl methyl sites for hydroxylation is 1. The molecule has 0 bridgehead atoms. The summed E-state index contributed by atoms with van der Waals surface area (Å²) >= 11 is 6.33. The van der Waals surface area contributed by atoms with Crippen LogP contribution in [-0.4, -0.2) is 23.5 Å². The molecule has 1 saturated heterocycles. The molecule has 1 fully saturated rings. The molecule has 36 heavy (non-hydrogen) atoms. The molecule has 1 aliphatic heterocycles. The average Bonchev–Trinajstić information content (AvgIpc) is 3.14. The van der Waals surface area contributed by atoms with Gasteiger partial charge in [-0.2, -0.15) is 4.39 Å². The van der Waals surface area contributed by atoms with Gasteiger partial charge in [-0.05, 0) is 90.6 Å². The lowest BCUT2D eigenvalue weighted by Crippen LogP contribution is -2.19. The van der Waals surface area contributed by atoms with Crippen molar-refractivity contribution in [3.63, 3.8) is 0 Å². The van der Waals surface area contributed by atoms with Gasteiger partial charge in [0.05, 0.1) is 18.0 Å². The number of hydrogen-bond acceptors (Lipinski definition) is 3. The maximum atomic E-state index is 15.6. The molecule has 6 heteroatoms. The monoisotopic (exact) mass is 502 g/mol. The van der Waals surface area contributed by atoms with E-state index in [1.165, 1.54) is 5.57 Å². The standard InChI is InChI=1S/C30H28ClFN2O2/c1-35-26-18-20(31)13-14-24(26)28-21(19-8-3-2-4-9-19)10-7-11-22-23(28)15-16-25-29(22)30(32)33-34(25)27-12-5-6-17-36-27/h2-4,8-9,13-16,18,27H,5-7,10-12,17H2,1H3. The Morgan fingerprint density at radius 2 is 1.83 bits per heavy atom. The second-order valence-electron chi connectivity index (χ2n) is 9.46. The number of hydrogen-bond donors (Lipinski definition) is 0. The molecule has 2 aliphatic rings. The van der Waals surface area contributed by atoms with E-state index in [2.05, 4.69) is 35.4 Å². The minimum atomic E-state index is -0.429. The van der Waals surface area contributed by atoms with Crippen molar-refractivity contribution in [1.82, 2.24) is 9.78 Å². The van der Waals surface area contributed by atoms with E-state index < -0.39 is 5.95 Å². The fourth-order valence-electron chi connectivity index (χ4n) is 5.72. The maximum Gasteiger partial charge on any atom is 0.240 e. The summed E-state index contributed by atoms with van der Waals surface area (Å²) in [6.07, 6.45) is 5.24. The van der Waals surface area contributed by atoms with Gasteiger partial charge in [-0.1, -0.05) is 48.0 Å². The van der Waals surface area contributed by atoms with E-state index in [-0.39, 0.29) is 6.23 Å². The van der Waals surface area contributed by atoms with Gasteiger partial charge in [-0.15, -0.1) is 5.10 Å². The summed E-state index contributed by atoms with van der Waals surface area (Å²) in [5.74, 6) is 0.271. The number of rotatable bonds is 4. The highest BCUT2D eigenvalue weighted by atomic mass is 35.5. The Kier molecular flexibility index (Phi) is 6.28. The Bertz CT molecular complexity index is 1460. The lowest BCUT2D eigenvalue weighted by atomic mass is 9.86. The fraction of sp³-hybridized carbons (Fsp3) is 0.300. The molecule has 0 N–H and O–H groups in total. The van der Waals surface area contributed by atoms with Crippen LogP contribution in [0.15, 0.2) is 60.7 Å². The number of fused-ring (bicyclic) bond motifs is 3. The van der Waals surface area contributed by atoms with Crippen LogP contribution in [-0.2, 0) is 11.2 Å². The lowest BCUT2D eigenvalue weighted by molar-refractivity contribution is -0.0375. The molecule has 4 nitrogen and oxygen atoms in total. The Morgan fingerprint density at radius 1 is 1.00 bits per heavy atom. The first-order valence-corrected chi connectivity index (χ1v) is 13.0. The fourth-order valence-corrected chi connectivity index (χ4v) is 5.88. The molecule has 1 atom stereocenters. The summed E-state index contributed by atoms with van der Waals surface area (Å²) in [6, 6.07) is 20.3. The summed E-state index contributed by atoms with van der Waals surface area (Å²) < 4.78 is 29.1. The van der Waals surface area contributed by atoms with Crippen molar-refractivity contribution < 1.29 is 13.9 Å². The number of benzene rings is 3. The Labute approximate surface area is 215 Å². The molecule has 0 amide bonds. The van der Waals surface area contributed by atoms with Crippen LogP contribution in [0.1, 0.15) is 60.6 Å². The molecule has 1 aliphatic carbocycles. The summed E-state index contributed by atoms with van der Waals surface area (Å²) in [4.78, 5) is 0. The summed E-state index contributed by atoms with van der Waals surface area (Å²) in [6.45, 7) is 0.683. The topological polar surface area (TPSA) is 36.3 Å². The zero-order valence-electron chi connectivity index (χ0n) is 20.3. The molecule has 6 rings (SSSR count). The van der Waals surface area contributed by atoms with Crippen molar-refractivity contribution in [3.8, 4) is 5.75 Å². The van der Waals surface area contributed by atoms with E-state index in [1.807, 2.05) is 30.3 Å². The smallest absolute Gasteiger partial charge is 0.240 e. The quantitative estimate of drug-likeness (QED) is 0.285. The Morgan fingerprint density at radius 3 is 2.61 bits per heavy atom. The van der Waals surface area contributed by atoms with Crippen LogP contribution in [0.25, 0.3) is 22.0 Å². The normalized spacial score (nSPS) is 18.2. The summed E-state index contributed by atoms with van der Waals surface area (Å²) in [7, 11) is 1.66. The van der Waals surface area contributed by atoms with Gasteiger partial charge in [0.25, 0.3) is 0 Å². The number of aromatic nitrogens is 2. The highest BCUT2D eigenvalue weighted by Crippen LogP contribution is 2.45. The molecule has 4 aromatic rings. The number of allylic oxidation sites excluding steroid dienone is 1. The molecule has 2 heterocycles. The van der Waals surface area contributed by atoms with Crippen LogP contribution in [0, 0.1) is 5.95 Å². The molecule has 0 spiro atoms. The molecular formula is C30H28ClFN2O2. The third kappa shape index (κ3) is 4.00. The first-order chi connectivity index (χ1) is 17.7. The molecule has 184 valence electrons. The minimum Gasteiger partial charge on any atom is -0.496 e. The van der Waals surface area contributed by atoms with Crippen LogP contribution in [0.2, 0.25) is 5.02 Å². The maximum absolute atomic E-state index is 15.6. The zero-order chi connectivity index (χ0) is 24.6. The second-order valence-corrected chi connectivity index (χ2v) is 9.90. The average molecular weight is 503 g/mol. The molecule has 1 aromatic heterocycles. The highest BCUT2D eigenvalue weighted by molar-refractivity contribution is 6.30. The van der Waals surface area contributed by atoms with E-state index in [0.29, 0.717) is 22.8 Å². The predicted octanol–water partition coefficient (Wildman–Crippen LogP) is 7.83. The van der Waals surface area contributed by atoms with Crippen molar-refractivity contribution in [3.05, 3.63) is 93.9 Å². The Hall–Kier alpha value is -3.15. The molecule has 0 radical (unpaired) electrons. The van der Waals surface area contributed by atoms with E-state index in [4.69, 9.17) is 21.1 Å². The minimum absolute atomic E-state index is 0.221.